The van der Waals surface area contributed by atoms with Gasteiger partial charge in [0.15, 0.2) is 0 Å². The van der Waals surface area contributed by atoms with Gasteiger partial charge in [0, 0.05) is 13.1 Å². The fraction of sp³-hybridized carbons (Fsp3) is 0.700. The van der Waals surface area contributed by atoms with E-state index in [2.05, 4.69) is 13.5 Å². The van der Waals surface area contributed by atoms with Crippen LogP contribution in [0.15, 0.2) is 12.7 Å². The summed E-state index contributed by atoms with van der Waals surface area (Å²) in [5.74, 6) is -0.0267. The molecule has 3 nitrogen and oxygen atoms in total. The Morgan fingerprint density at radius 3 is 2.77 bits per heavy atom. The summed E-state index contributed by atoms with van der Waals surface area (Å²) in [7, 11) is 0. The quantitative estimate of drug-likeness (QED) is 0.654. The van der Waals surface area contributed by atoms with Crippen molar-refractivity contribution in [3.63, 3.8) is 0 Å². The summed E-state index contributed by atoms with van der Waals surface area (Å²) < 4.78 is 0. The smallest absolute Gasteiger partial charge is 0.321 e. The topological polar surface area (TPSA) is 40.5 Å². The highest BCUT2D eigenvalue weighted by atomic mass is 16.4. The van der Waals surface area contributed by atoms with Crippen LogP contribution in [-0.4, -0.2) is 35.1 Å². The van der Waals surface area contributed by atoms with Crippen LogP contribution in [0.2, 0.25) is 0 Å². The molecule has 1 rings (SSSR count). The van der Waals surface area contributed by atoms with Crippen LogP contribution in [0.1, 0.15) is 19.8 Å². The molecule has 0 bridgehead atoms. The molecule has 1 aliphatic rings. The molecule has 1 fully saturated rings. The van der Waals surface area contributed by atoms with Gasteiger partial charge in [0.05, 0.1) is 0 Å². The average Bonchev–Trinajstić information content (AvgIpc) is 2.00. The molecule has 0 radical (unpaired) electrons. The molecule has 0 spiro atoms. The van der Waals surface area contributed by atoms with Crippen molar-refractivity contribution in [3.05, 3.63) is 12.7 Å². The molecule has 0 aromatic rings. The largest absolute Gasteiger partial charge is 0.480 e. The van der Waals surface area contributed by atoms with E-state index in [0.717, 1.165) is 19.5 Å². The Bertz CT molecular complexity index is 197. The number of nitrogens with zero attached hydrogens (tertiary/aromatic N) is 1. The summed E-state index contributed by atoms with van der Waals surface area (Å²) in [6.07, 6.45) is 3.38. The SMILES string of the molecule is C=CCC(C(=O)O)N1CC(CC)C1. The summed E-state index contributed by atoms with van der Waals surface area (Å²) >= 11 is 0. The fourth-order valence-electron chi connectivity index (χ4n) is 1.69. The average molecular weight is 183 g/mol. The number of likely N-dealkylation sites (tertiary alicyclic amines) is 1. The van der Waals surface area contributed by atoms with Gasteiger partial charge in [-0.2, -0.15) is 0 Å². The number of rotatable bonds is 5. The lowest BCUT2D eigenvalue weighted by Crippen LogP contribution is -2.54. The van der Waals surface area contributed by atoms with Crippen molar-refractivity contribution >= 4 is 5.97 Å². The predicted octanol–water partition coefficient (Wildman–Crippen LogP) is 1.36. The monoisotopic (exact) mass is 183 g/mol. The first kappa shape index (κ1) is 10.3. The van der Waals surface area contributed by atoms with Gasteiger partial charge in [0.2, 0.25) is 0 Å². The van der Waals surface area contributed by atoms with Crippen molar-refractivity contribution in [1.29, 1.82) is 0 Å². The van der Waals surface area contributed by atoms with Crippen LogP contribution in [0.3, 0.4) is 0 Å². The predicted molar refractivity (Wildman–Crippen MR) is 51.6 cm³/mol. The molecule has 3 heteroatoms. The molecule has 1 unspecified atom stereocenters. The van der Waals surface area contributed by atoms with Gasteiger partial charge in [0.1, 0.15) is 6.04 Å². The zero-order valence-corrected chi connectivity index (χ0v) is 8.07. The maximum Gasteiger partial charge on any atom is 0.321 e. The number of hydrogen-bond acceptors (Lipinski definition) is 2. The van der Waals surface area contributed by atoms with Crippen molar-refractivity contribution in [1.82, 2.24) is 4.90 Å². The lowest BCUT2D eigenvalue weighted by Gasteiger charge is -2.42. The van der Waals surface area contributed by atoms with Gasteiger partial charge in [-0.15, -0.1) is 6.58 Å². The van der Waals surface area contributed by atoms with Gasteiger partial charge >= 0.3 is 5.97 Å². The summed E-state index contributed by atoms with van der Waals surface area (Å²) in [4.78, 5) is 12.8. The van der Waals surface area contributed by atoms with E-state index >= 15 is 0 Å². The highest BCUT2D eigenvalue weighted by Crippen LogP contribution is 2.22. The van der Waals surface area contributed by atoms with Crippen LogP contribution >= 0.6 is 0 Å². The first-order valence-corrected chi connectivity index (χ1v) is 4.76. The Morgan fingerprint density at radius 1 is 1.77 bits per heavy atom. The molecule has 1 atom stereocenters. The van der Waals surface area contributed by atoms with Crippen molar-refractivity contribution in [2.24, 2.45) is 5.92 Å². The Balaban J connectivity index is 2.39. The van der Waals surface area contributed by atoms with E-state index in [1.165, 1.54) is 0 Å². The van der Waals surface area contributed by atoms with Gasteiger partial charge in [-0.25, -0.2) is 0 Å². The Morgan fingerprint density at radius 2 is 2.38 bits per heavy atom. The second kappa shape index (κ2) is 4.42. The number of carbonyl (C=O) groups is 1. The van der Waals surface area contributed by atoms with Gasteiger partial charge in [-0.1, -0.05) is 19.4 Å². The summed E-state index contributed by atoms with van der Waals surface area (Å²) in [5, 5.41) is 8.91. The van der Waals surface area contributed by atoms with Crippen LogP contribution in [0.25, 0.3) is 0 Å². The third-order valence-electron chi connectivity index (χ3n) is 2.68. The molecule has 1 heterocycles. The molecule has 74 valence electrons. The lowest BCUT2D eigenvalue weighted by molar-refractivity contribution is -0.146. The highest BCUT2D eigenvalue weighted by Gasteiger charge is 2.33. The molecule has 0 saturated carbocycles. The van der Waals surface area contributed by atoms with Crippen molar-refractivity contribution < 1.29 is 9.90 Å². The van der Waals surface area contributed by atoms with Gasteiger partial charge in [-0.05, 0) is 12.3 Å². The van der Waals surface area contributed by atoms with E-state index in [-0.39, 0.29) is 6.04 Å². The normalized spacial score (nSPS) is 20.7. The maximum absolute atomic E-state index is 10.8. The Kier molecular flexibility index (Phi) is 3.48. The van der Waals surface area contributed by atoms with Crippen LogP contribution in [0.4, 0.5) is 0 Å². The number of hydrogen-bond donors (Lipinski definition) is 1. The van der Waals surface area contributed by atoms with Crippen molar-refractivity contribution in [3.8, 4) is 0 Å². The zero-order chi connectivity index (χ0) is 9.84. The standard InChI is InChI=1S/C10H17NO2/c1-3-5-9(10(12)13)11-6-8(4-2)7-11/h3,8-9H,1,4-7H2,2H3,(H,12,13). The second-order valence-corrected chi connectivity index (χ2v) is 3.61. The molecular formula is C10H17NO2. The van der Waals surface area contributed by atoms with Crippen LogP contribution < -0.4 is 0 Å². The molecule has 1 saturated heterocycles. The minimum absolute atomic E-state index is 0.347. The van der Waals surface area contributed by atoms with E-state index in [4.69, 9.17) is 5.11 Å². The van der Waals surface area contributed by atoms with E-state index < -0.39 is 5.97 Å². The first-order chi connectivity index (χ1) is 6.19. The molecule has 0 aliphatic carbocycles. The Labute approximate surface area is 79.0 Å². The van der Waals surface area contributed by atoms with Crippen molar-refractivity contribution in [2.45, 2.75) is 25.8 Å². The Hall–Kier alpha value is -0.830. The van der Waals surface area contributed by atoms with Crippen LogP contribution in [0, 0.1) is 5.92 Å². The number of aliphatic carboxylic acids is 1. The molecule has 1 N–H and O–H groups in total. The molecular weight excluding hydrogens is 166 g/mol. The number of carboxylic acid groups (broad SMARTS) is 1. The lowest BCUT2D eigenvalue weighted by atomic mass is 9.94. The minimum atomic E-state index is -0.727. The van der Waals surface area contributed by atoms with Gasteiger partial charge in [0.25, 0.3) is 0 Å². The number of carboxylic acids is 1. The summed E-state index contributed by atoms with van der Waals surface area (Å²) in [5.41, 5.74) is 0. The third kappa shape index (κ3) is 2.31. The van der Waals surface area contributed by atoms with E-state index in [1.54, 1.807) is 6.08 Å². The van der Waals surface area contributed by atoms with Crippen LogP contribution in [0.5, 0.6) is 0 Å². The van der Waals surface area contributed by atoms with Crippen molar-refractivity contribution in [2.75, 3.05) is 13.1 Å². The highest BCUT2D eigenvalue weighted by molar-refractivity contribution is 5.73. The van der Waals surface area contributed by atoms with E-state index in [0.29, 0.717) is 12.3 Å². The fourth-order valence-corrected chi connectivity index (χ4v) is 1.69. The van der Waals surface area contributed by atoms with Gasteiger partial charge < -0.3 is 5.11 Å². The maximum atomic E-state index is 10.8. The van der Waals surface area contributed by atoms with Gasteiger partial charge in [-0.3, -0.25) is 9.69 Å². The second-order valence-electron chi connectivity index (χ2n) is 3.61. The first-order valence-electron chi connectivity index (χ1n) is 4.76. The summed E-state index contributed by atoms with van der Waals surface area (Å²) in [6.45, 7) is 7.58. The molecule has 0 aromatic carbocycles. The minimum Gasteiger partial charge on any atom is -0.480 e. The van der Waals surface area contributed by atoms with Crippen LogP contribution in [-0.2, 0) is 4.79 Å². The molecule has 13 heavy (non-hydrogen) atoms. The van der Waals surface area contributed by atoms with E-state index in [1.807, 2.05) is 4.90 Å². The zero-order valence-electron chi connectivity index (χ0n) is 8.07. The molecule has 1 aliphatic heterocycles. The third-order valence-corrected chi connectivity index (χ3v) is 2.68. The van der Waals surface area contributed by atoms with E-state index in [9.17, 15) is 4.79 Å². The molecule has 0 aromatic heterocycles. The summed E-state index contributed by atoms with van der Waals surface area (Å²) in [6, 6.07) is -0.347. The molecule has 0 amide bonds.